The van der Waals surface area contributed by atoms with Gasteiger partial charge in [0, 0.05) is 6.54 Å². The normalized spacial score (nSPS) is 16.2. The highest BCUT2D eigenvalue weighted by Crippen LogP contribution is 2.24. The number of ether oxygens (including phenoxy) is 1. The Kier molecular flexibility index (Phi) is 6.06. The fraction of sp³-hybridized carbons (Fsp3) is 0.625. The molecule has 1 aliphatic carbocycles. The maximum atomic E-state index is 12.1. The summed E-state index contributed by atoms with van der Waals surface area (Å²) in [6.07, 6.45) is 7.92. The Labute approximate surface area is 127 Å². The number of hydrogen-bond acceptors (Lipinski definition) is 3. The van der Waals surface area contributed by atoms with Crippen LogP contribution in [0.1, 0.15) is 51.9 Å². The topological polar surface area (TPSA) is 55.4 Å². The van der Waals surface area contributed by atoms with E-state index in [9.17, 15) is 8.42 Å². The molecule has 0 unspecified atom stereocenters. The first-order valence-electron chi connectivity index (χ1n) is 7.88. The zero-order valence-electron chi connectivity index (χ0n) is 12.7. The minimum absolute atomic E-state index is 0.291. The van der Waals surface area contributed by atoms with Crippen LogP contribution in [0.2, 0.25) is 0 Å². The van der Waals surface area contributed by atoms with Crippen LogP contribution < -0.4 is 9.46 Å². The van der Waals surface area contributed by atoms with Crippen molar-refractivity contribution < 1.29 is 13.2 Å². The van der Waals surface area contributed by atoms with Crippen molar-refractivity contribution in [2.24, 2.45) is 0 Å². The zero-order valence-corrected chi connectivity index (χ0v) is 13.5. The minimum Gasteiger partial charge on any atom is -0.490 e. The van der Waals surface area contributed by atoms with Crippen molar-refractivity contribution in [3.63, 3.8) is 0 Å². The molecule has 21 heavy (non-hydrogen) atoms. The van der Waals surface area contributed by atoms with Crippen LogP contribution in [0.4, 0.5) is 0 Å². The molecule has 0 bridgehead atoms. The monoisotopic (exact) mass is 311 g/mol. The summed E-state index contributed by atoms with van der Waals surface area (Å²) >= 11 is 0. The molecule has 0 radical (unpaired) electrons. The van der Waals surface area contributed by atoms with E-state index in [1.807, 2.05) is 0 Å². The van der Waals surface area contributed by atoms with Gasteiger partial charge in [0.1, 0.15) is 5.75 Å². The summed E-state index contributed by atoms with van der Waals surface area (Å²) in [5.41, 5.74) is 0. The molecular weight excluding hydrogens is 286 g/mol. The summed E-state index contributed by atoms with van der Waals surface area (Å²) in [6.45, 7) is 2.59. The molecule has 1 aromatic rings. The number of nitrogens with one attached hydrogen (secondary N) is 1. The number of unbranched alkanes of at least 4 members (excludes halogenated alkanes) is 2. The molecular formula is C16H25NO3S. The van der Waals surface area contributed by atoms with Crippen LogP contribution in [0.5, 0.6) is 5.75 Å². The molecule has 5 heteroatoms. The molecule has 0 atom stereocenters. The fourth-order valence-corrected chi connectivity index (χ4v) is 3.64. The average Bonchev–Trinajstić information content (AvgIpc) is 2.97. The molecule has 1 saturated carbocycles. The molecule has 0 aliphatic heterocycles. The summed E-state index contributed by atoms with van der Waals surface area (Å²) in [7, 11) is -3.39. The predicted molar refractivity (Wildman–Crippen MR) is 84.0 cm³/mol. The van der Waals surface area contributed by atoms with E-state index in [4.69, 9.17) is 4.74 Å². The first kappa shape index (κ1) is 16.3. The quantitative estimate of drug-likeness (QED) is 0.748. The third kappa shape index (κ3) is 5.00. The van der Waals surface area contributed by atoms with Crippen LogP contribution in [0.25, 0.3) is 0 Å². The van der Waals surface area contributed by atoms with Crippen LogP contribution in [-0.2, 0) is 10.0 Å². The lowest BCUT2D eigenvalue weighted by Crippen LogP contribution is -2.24. The Hall–Kier alpha value is -1.07. The smallest absolute Gasteiger partial charge is 0.240 e. The van der Waals surface area contributed by atoms with Crippen molar-refractivity contribution in [1.82, 2.24) is 4.72 Å². The first-order valence-corrected chi connectivity index (χ1v) is 9.36. The van der Waals surface area contributed by atoms with Gasteiger partial charge in [-0.3, -0.25) is 0 Å². The third-order valence-electron chi connectivity index (χ3n) is 3.81. The van der Waals surface area contributed by atoms with E-state index in [1.54, 1.807) is 24.3 Å². The van der Waals surface area contributed by atoms with Crippen molar-refractivity contribution in [1.29, 1.82) is 0 Å². The van der Waals surface area contributed by atoms with Crippen LogP contribution in [0, 0.1) is 0 Å². The predicted octanol–water partition coefficient (Wildman–Crippen LogP) is 3.48. The molecule has 4 nitrogen and oxygen atoms in total. The molecule has 1 N–H and O–H groups in total. The molecule has 0 heterocycles. The second-order valence-electron chi connectivity index (χ2n) is 5.60. The molecule has 1 fully saturated rings. The highest BCUT2D eigenvalue weighted by molar-refractivity contribution is 7.89. The van der Waals surface area contributed by atoms with Crippen molar-refractivity contribution in [3.8, 4) is 5.75 Å². The largest absolute Gasteiger partial charge is 0.490 e. The van der Waals surface area contributed by atoms with E-state index in [0.29, 0.717) is 17.5 Å². The summed E-state index contributed by atoms with van der Waals surface area (Å²) in [6, 6.07) is 6.73. The Bertz CT molecular complexity index is 519. The van der Waals surface area contributed by atoms with Crippen LogP contribution in [0.3, 0.4) is 0 Å². The lowest BCUT2D eigenvalue weighted by Gasteiger charge is -2.13. The van der Waals surface area contributed by atoms with Crippen LogP contribution in [-0.4, -0.2) is 21.1 Å². The van der Waals surface area contributed by atoms with Gasteiger partial charge in [-0.1, -0.05) is 19.8 Å². The van der Waals surface area contributed by atoms with Crippen LogP contribution in [0.15, 0.2) is 29.2 Å². The second kappa shape index (κ2) is 7.80. The standard InChI is InChI=1S/C16H25NO3S/c1-2-3-6-13-17-21(18,19)16-11-9-15(10-12-16)20-14-7-4-5-8-14/h9-12,14,17H,2-8,13H2,1H3. The molecule has 0 aromatic heterocycles. The van der Waals surface area contributed by atoms with Gasteiger partial charge in [0.25, 0.3) is 0 Å². The van der Waals surface area contributed by atoms with Gasteiger partial charge in [-0.25, -0.2) is 13.1 Å². The van der Waals surface area contributed by atoms with Gasteiger partial charge in [0.15, 0.2) is 0 Å². The maximum Gasteiger partial charge on any atom is 0.240 e. The number of rotatable bonds is 8. The summed E-state index contributed by atoms with van der Waals surface area (Å²) < 4.78 is 32.7. The first-order chi connectivity index (χ1) is 10.1. The maximum absolute atomic E-state index is 12.1. The summed E-state index contributed by atoms with van der Waals surface area (Å²) in [5, 5.41) is 0. The molecule has 2 rings (SSSR count). The van der Waals surface area contributed by atoms with Gasteiger partial charge in [-0.2, -0.15) is 0 Å². The van der Waals surface area contributed by atoms with E-state index in [1.165, 1.54) is 12.8 Å². The average molecular weight is 311 g/mol. The van der Waals surface area contributed by atoms with Crippen molar-refractivity contribution in [2.45, 2.75) is 62.9 Å². The Morgan fingerprint density at radius 1 is 1.14 bits per heavy atom. The highest BCUT2D eigenvalue weighted by Gasteiger charge is 2.17. The lowest BCUT2D eigenvalue weighted by molar-refractivity contribution is 0.210. The number of sulfonamides is 1. The van der Waals surface area contributed by atoms with Gasteiger partial charge in [0.05, 0.1) is 11.0 Å². The van der Waals surface area contributed by atoms with E-state index >= 15 is 0 Å². The second-order valence-corrected chi connectivity index (χ2v) is 7.37. The Balaban J connectivity index is 1.90. The molecule has 1 aliphatic rings. The molecule has 1 aromatic carbocycles. The lowest BCUT2D eigenvalue weighted by atomic mass is 10.3. The SMILES string of the molecule is CCCCCNS(=O)(=O)c1ccc(OC2CCCC2)cc1. The number of hydrogen-bond donors (Lipinski definition) is 1. The van der Waals surface area contributed by atoms with Gasteiger partial charge < -0.3 is 4.74 Å². The Morgan fingerprint density at radius 2 is 1.81 bits per heavy atom. The van der Waals surface area contributed by atoms with E-state index < -0.39 is 10.0 Å². The van der Waals surface area contributed by atoms with E-state index in [2.05, 4.69) is 11.6 Å². The molecule has 0 amide bonds. The molecule has 0 spiro atoms. The van der Waals surface area contributed by atoms with Crippen molar-refractivity contribution >= 4 is 10.0 Å². The fourth-order valence-electron chi connectivity index (χ4n) is 2.56. The van der Waals surface area contributed by atoms with Crippen molar-refractivity contribution in [3.05, 3.63) is 24.3 Å². The minimum atomic E-state index is -3.39. The number of benzene rings is 1. The molecule has 0 saturated heterocycles. The zero-order chi connectivity index (χ0) is 15.1. The van der Waals surface area contributed by atoms with E-state index in [-0.39, 0.29) is 0 Å². The van der Waals surface area contributed by atoms with Gasteiger partial charge in [-0.05, 0) is 56.4 Å². The van der Waals surface area contributed by atoms with Gasteiger partial charge in [0.2, 0.25) is 10.0 Å². The highest BCUT2D eigenvalue weighted by atomic mass is 32.2. The summed E-state index contributed by atoms with van der Waals surface area (Å²) in [4.78, 5) is 0.303. The van der Waals surface area contributed by atoms with Gasteiger partial charge >= 0.3 is 0 Å². The third-order valence-corrected chi connectivity index (χ3v) is 5.29. The molecule has 118 valence electrons. The van der Waals surface area contributed by atoms with Gasteiger partial charge in [-0.15, -0.1) is 0 Å². The summed E-state index contributed by atoms with van der Waals surface area (Å²) in [5.74, 6) is 0.756. The van der Waals surface area contributed by atoms with Crippen molar-refractivity contribution in [2.75, 3.05) is 6.54 Å². The van der Waals surface area contributed by atoms with Crippen LogP contribution >= 0.6 is 0 Å². The Morgan fingerprint density at radius 3 is 2.43 bits per heavy atom. The van der Waals surface area contributed by atoms with E-state index in [0.717, 1.165) is 37.9 Å².